The van der Waals surface area contributed by atoms with E-state index in [-0.39, 0.29) is 0 Å². The van der Waals surface area contributed by atoms with Crippen LogP contribution in [0.3, 0.4) is 0 Å². The topological polar surface area (TPSA) is 38.0 Å². The first kappa shape index (κ1) is 12.4. The lowest BCUT2D eigenvalue weighted by Gasteiger charge is -2.31. The summed E-state index contributed by atoms with van der Waals surface area (Å²) in [7, 11) is 0. The summed E-state index contributed by atoms with van der Waals surface area (Å²) in [5, 5.41) is 3.90. The van der Waals surface area contributed by atoms with E-state index in [4.69, 9.17) is 5.73 Å². The van der Waals surface area contributed by atoms with Crippen molar-refractivity contribution in [2.75, 3.05) is 0 Å². The van der Waals surface area contributed by atoms with Crippen molar-refractivity contribution in [3.63, 3.8) is 0 Å². The largest absolute Gasteiger partial charge is 0.328 e. The second-order valence-electron chi connectivity index (χ2n) is 5.99. The van der Waals surface area contributed by atoms with E-state index in [1.54, 1.807) is 0 Å². The molecule has 0 aromatic carbocycles. The maximum absolute atomic E-state index is 5.95. The van der Waals surface area contributed by atoms with Crippen LogP contribution in [-0.2, 0) is 0 Å². The van der Waals surface area contributed by atoms with Gasteiger partial charge >= 0.3 is 0 Å². The Balaban J connectivity index is 1.77. The lowest BCUT2D eigenvalue weighted by molar-refractivity contribution is 0.273. The molecular formula is C14H28N2. The Kier molecular flexibility index (Phi) is 4.26. The van der Waals surface area contributed by atoms with Crippen molar-refractivity contribution in [2.24, 2.45) is 17.6 Å². The number of nitrogens with one attached hydrogen (secondary N) is 1. The van der Waals surface area contributed by atoms with Crippen LogP contribution in [0.5, 0.6) is 0 Å². The van der Waals surface area contributed by atoms with Crippen molar-refractivity contribution in [1.82, 2.24) is 5.32 Å². The van der Waals surface area contributed by atoms with Crippen molar-refractivity contribution in [2.45, 2.75) is 76.9 Å². The summed E-state index contributed by atoms with van der Waals surface area (Å²) in [6.45, 7) is 4.77. The summed E-state index contributed by atoms with van der Waals surface area (Å²) < 4.78 is 0. The minimum absolute atomic E-state index is 0.474. The van der Waals surface area contributed by atoms with Gasteiger partial charge in [0.05, 0.1) is 0 Å². The van der Waals surface area contributed by atoms with Crippen LogP contribution in [0.15, 0.2) is 0 Å². The summed E-state index contributed by atoms with van der Waals surface area (Å²) >= 11 is 0. The second kappa shape index (κ2) is 5.50. The number of rotatable bonds is 3. The highest BCUT2D eigenvalue weighted by molar-refractivity contribution is 4.90. The normalized spacial score (nSPS) is 44.8. The highest BCUT2D eigenvalue weighted by atomic mass is 15.0. The molecule has 3 atom stereocenters. The Bertz CT molecular complexity index is 209. The van der Waals surface area contributed by atoms with Gasteiger partial charge in [0.2, 0.25) is 0 Å². The fourth-order valence-corrected chi connectivity index (χ4v) is 3.65. The van der Waals surface area contributed by atoms with E-state index in [1.165, 1.54) is 44.9 Å². The predicted octanol–water partition coefficient (Wildman–Crippen LogP) is 2.67. The molecule has 0 aliphatic heterocycles. The highest BCUT2D eigenvalue weighted by Gasteiger charge is 2.33. The van der Waals surface area contributed by atoms with Gasteiger partial charge in [0.1, 0.15) is 0 Å². The maximum atomic E-state index is 5.95. The molecule has 0 radical (unpaired) electrons. The third kappa shape index (κ3) is 2.78. The molecule has 0 aromatic heterocycles. The summed E-state index contributed by atoms with van der Waals surface area (Å²) in [5.41, 5.74) is 5.95. The SMILES string of the molecule is CCC1CCC(NC2CCC(N)CC2)C1C. The van der Waals surface area contributed by atoms with Gasteiger partial charge in [-0.2, -0.15) is 0 Å². The summed E-state index contributed by atoms with van der Waals surface area (Å²) in [6, 6.07) is 2.01. The minimum Gasteiger partial charge on any atom is -0.328 e. The molecule has 2 rings (SSSR count). The molecule has 2 fully saturated rings. The predicted molar refractivity (Wildman–Crippen MR) is 69.3 cm³/mol. The number of hydrogen-bond donors (Lipinski definition) is 2. The van der Waals surface area contributed by atoms with Crippen LogP contribution in [0.25, 0.3) is 0 Å². The molecule has 94 valence electrons. The third-order valence-corrected chi connectivity index (χ3v) is 4.97. The van der Waals surface area contributed by atoms with E-state index < -0.39 is 0 Å². The number of nitrogens with two attached hydrogens (primary N) is 1. The third-order valence-electron chi connectivity index (χ3n) is 4.97. The lowest BCUT2D eigenvalue weighted by atomic mass is 9.89. The van der Waals surface area contributed by atoms with E-state index in [0.29, 0.717) is 6.04 Å². The summed E-state index contributed by atoms with van der Waals surface area (Å²) in [6.07, 6.45) is 9.20. The Hall–Kier alpha value is -0.0800. The summed E-state index contributed by atoms with van der Waals surface area (Å²) in [4.78, 5) is 0. The van der Waals surface area contributed by atoms with Gasteiger partial charge in [-0.3, -0.25) is 0 Å². The van der Waals surface area contributed by atoms with Crippen LogP contribution in [0, 0.1) is 11.8 Å². The molecule has 3 N–H and O–H groups in total. The van der Waals surface area contributed by atoms with E-state index in [0.717, 1.165) is 23.9 Å². The van der Waals surface area contributed by atoms with Gasteiger partial charge in [-0.15, -0.1) is 0 Å². The van der Waals surface area contributed by atoms with Crippen molar-refractivity contribution >= 4 is 0 Å². The van der Waals surface area contributed by atoms with Crippen LogP contribution in [0.1, 0.15) is 58.8 Å². The standard InChI is InChI=1S/C14H28N2/c1-3-11-4-9-14(10(11)2)16-13-7-5-12(15)6-8-13/h10-14,16H,3-9,15H2,1-2H3. The average molecular weight is 224 g/mol. The van der Waals surface area contributed by atoms with Crippen molar-refractivity contribution < 1.29 is 0 Å². The molecule has 2 saturated carbocycles. The molecule has 0 heterocycles. The lowest BCUT2D eigenvalue weighted by Crippen LogP contribution is -2.44. The molecule has 3 unspecified atom stereocenters. The van der Waals surface area contributed by atoms with Crippen molar-refractivity contribution in [1.29, 1.82) is 0 Å². The first-order valence-electron chi connectivity index (χ1n) is 7.22. The van der Waals surface area contributed by atoms with Crippen molar-refractivity contribution in [3.05, 3.63) is 0 Å². The molecule has 2 heteroatoms. The molecule has 2 nitrogen and oxygen atoms in total. The first-order valence-corrected chi connectivity index (χ1v) is 7.22. The molecule has 2 aliphatic carbocycles. The smallest absolute Gasteiger partial charge is 0.00980 e. The first-order chi connectivity index (χ1) is 7.70. The van der Waals surface area contributed by atoms with Gasteiger partial charge in [-0.05, 0) is 50.4 Å². The minimum atomic E-state index is 0.474. The fourth-order valence-electron chi connectivity index (χ4n) is 3.65. The van der Waals surface area contributed by atoms with Gasteiger partial charge < -0.3 is 11.1 Å². The monoisotopic (exact) mass is 224 g/mol. The molecule has 0 amide bonds. The quantitative estimate of drug-likeness (QED) is 0.773. The highest BCUT2D eigenvalue weighted by Crippen LogP contribution is 2.34. The zero-order valence-corrected chi connectivity index (χ0v) is 10.9. The van der Waals surface area contributed by atoms with Gasteiger partial charge in [0.25, 0.3) is 0 Å². The van der Waals surface area contributed by atoms with Gasteiger partial charge in [0, 0.05) is 18.1 Å². The molecule has 2 aliphatic rings. The van der Waals surface area contributed by atoms with E-state index >= 15 is 0 Å². The van der Waals surface area contributed by atoms with Gasteiger partial charge in [0.15, 0.2) is 0 Å². The summed E-state index contributed by atoms with van der Waals surface area (Å²) in [5.74, 6) is 1.84. The van der Waals surface area contributed by atoms with Gasteiger partial charge in [-0.1, -0.05) is 20.3 Å². The van der Waals surface area contributed by atoms with E-state index in [2.05, 4.69) is 19.2 Å². The molecule has 0 aromatic rings. The Morgan fingerprint density at radius 2 is 1.75 bits per heavy atom. The average Bonchev–Trinajstić information content (AvgIpc) is 2.63. The Morgan fingerprint density at radius 1 is 1.06 bits per heavy atom. The van der Waals surface area contributed by atoms with Crippen LogP contribution in [0.2, 0.25) is 0 Å². The fraction of sp³-hybridized carbons (Fsp3) is 1.00. The maximum Gasteiger partial charge on any atom is 0.00980 e. The molecule has 16 heavy (non-hydrogen) atoms. The molecule has 0 spiro atoms. The number of hydrogen-bond acceptors (Lipinski definition) is 2. The van der Waals surface area contributed by atoms with Crippen molar-refractivity contribution in [3.8, 4) is 0 Å². The zero-order valence-electron chi connectivity index (χ0n) is 10.9. The second-order valence-corrected chi connectivity index (χ2v) is 5.99. The zero-order chi connectivity index (χ0) is 11.5. The van der Waals surface area contributed by atoms with Gasteiger partial charge in [-0.25, -0.2) is 0 Å². The van der Waals surface area contributed by atoms with E-state index in [9.17, 15) is 0 Å². The van der Waals surface area contributed by atoms with Crippen LogP contribution >= 0.6 is 0 Å². The Labute approximate surface area is 100 Å². The Morgan fingerprint density at radius 3 is 2.31 bits per heavy atom. The molecule has 0 bridgehead atoms. The van der Waals surface area contributed by atoms with Crippen LogP contribution < -0.4 is 11.1 Å². The van der Waals surface area contributed by atoms with E-state index in [1.807, 2.05) is 0 Å². The molecular weight excluding hydrogens is 196 g/mol. The van der Waals surface area contributed by atoms with Crippen LogP contribution in [0.4, 0.5) is 0 Å². The van der Waals surface area contributed by atoms with Crippen LogP contribution in [-0.4, -0.2) is 18.1 Å². The molecule has 0 saturated heterocycles.